The zero-order chi connectivity index (χ0) is 16.7. The highest BCUT2D eigenvalue weighted by atomic mass is 14.7. The van der Waals surface area contributed by atoms with Gasteiger partial charge in [-0.2, -0.15) is 0 Å². The van der Waals surface area contributed by atoms with E-state index in [1.165, 1.54) is 43.8 Å². The van der Waals surface area contributed by atoms with Crippen molar-refractivity contribution in [2.24, 2.45) is 0 Å². The van der Waals surface area contributed by atoms with Crippen LogP contribution in [0.3, 0.4) is 0 Å². The zero-order valence-electron chi connectivity index (χ0n) is 14.7. The summed E-state index contributed by atoms with van der Waals surface area (Å²) in [5.41, 5.74) is 6.56. The second-order valence-electron chi connectivity index (χ2n) is 6.48. The normalized spacial score (nSPS) is 11.6. The van der Waals surface area contributed by atoms with Gasteiger partial charge in [0.05, 0.1) is 11.0 Å². The Balaban J connectivity index is 2.25. The Morgan fingerprint density at radius 1 is 0.708 bits per heavy atom. The summed E-state index contributed by atoms with van der Waals surface area (Å²) in [4.78, 5) is 5.16. The molecule has 1 heterocycles. The fourth-order valence-corrected chi connectivity index (χ4v) is 3.85. The van der Waals surface area contributed by atoms with Crippen LogP contribution in [0.4, 0.5) is 0 Å². The van der Waals surface area contributed by atoms with E-state index in [0.29, 0.717) is 0 Å². The van der Waals surface area contributed by atoms with E-state index in [1.54, 1.807) is 0 Å². The topological polar surface area (TPSA) is 12.9 Å². The highest BCUT2D eigenvalue weighted by Crippen LogP contribution is 2.33. The Morgan fingerprint density at radius 2 is 1.54 bits per heavy atom. The van der Waals surface area contributed by atoms with Gasteiger partial charge in [0.2, 0.25) is 0 Å². The average Bonchev–Trinajstić information content (AvgIpc) is 2.65. The quantitative estimate of drug-likeness (QED) is 0.323. The highest BCUT2D eigenvalue weighted by molar-refractivity contribution is 6.10. The van der Waals surface area contributed by atoms with Gasteiger partial charge >= 0.3 is 0 Å². The van der Waals surface area contributed by atoms with E-state index in [4.69, 9.17) is 4.98 Å². The summed E-state index contributed by atoms with van der Waals surface area (Å²) in [7, 11) is 0. The van der Waals surface area contributed by atoms with Gasteiger partial charge in [-0.25, -0.2) is 4.98 Å². The fraction of sp³-hybridized carbons (Fsp3) is 0.261. The number of rotatable bonds is 3. The first-order valence-electron chi connectivity index (χ1n) is 9.02. The first-order valence-corrected chi connectivity index (χ1v) is 9.02. The standard InChI is InChI=1S/C23H23N/c1-4-15-13-16(5-2)22-21(14-15)18(6-3)20-12-11-17-9-7-8-10-19(17)23(20)24-22/h7-14H,4-6H2,1-3H3. The zero-order valence-corrected chi connectivity index (χ0v) is 14.7. The molecular weight excluding hydrogens is 290 g/mol. The smallest absolute Gasteiger partial charge is 0.0790 e. The average molecular weight is 313 g/mol. The van der Waals surface area contributed by atoms with Crippen molar-refractivity contribution in [1.82, 2.24) is 4.98 Å². The lowest BCUT2D eigenvalue weighted by atomic mass is 9.93. The molecule has 1 heteroatoms. The molecule has 1 nitrogen and oxygen atoms in total. The number of benzene rings is 3. The lowest BCUT2D eigenvalue weighted by Crippen LogP contribution is -1.97. The summed E-state index contributed by atoms with van der Waals surface area (Å²) >= 11 is 0. The molecule has 4 rings (SSSR count). The molecule has 24 heavy (non-hydrogen) atoms. The Labute approximate surface area is 143 Å². The molecule has 0 N–H and O–H groups in total. The lowest BCUT2D eigenvalue weighted by Gasteiger charge is -2.15. The maximum absolute atomic E-state index is 5.16. The third-order valence-electron chi connectivity index (χ3n) is 5.17. The van der Waals surface area contributed by atoms with Gasteiger partial charge in [0.1, 0.15) is 0 Å². The van der Waals surface area contributed by atoms with Gasteiger partial charge < -0.3 is 0 Å². The van der Waals surface area contributed by atoms with E-state index < -0.39 is 0 Å². The predicted molar refractivity (Wildman–Crippen MR) is 105 cm³/mol. The molecule has 0 saturated carbocycles. The van der Waals surface area contributed by atoms with Crippen molar-refractivity contribution in [3.63, 3.8) is 0 Å². The van der Waals surface area contributed by atoms with Crippen LogP contribution in [0.2, 0.25) is 0 Å². The van der Waals surface area contributed by atoms with E-state index in [2.05, 4.69) is 69.3 Å². The second kappa shape index (κ2) is 5.90. The first kappa shape index (κ1) is 15.1. The Bertz CT molecular complexity index is 1060. The van der Waals surface area contributed by atoms with Crippen LogP contribution < -0.4 is 0 Å². The molecule has 0 spiro atoms. The number of aryl methyl sites for hydroxylation is 3. The van der Waals surface area contributed by atoms with Crippen LogP contribution in [-0.2, 0) is 19.3 Å². The fourth-order valence-electron chi connectivity index (χ4n) is 3.85. The maximum atomic E-state index is 5.16. The summed E-state index contributed by atoms with van der Waals surface area (Å²) in [5, 5.41) is 5.17. The van der Waals surface area contributed by atoms with Gasteiger partial charge in [0.25, 0.3) is 0 Å². The predicted octanol–water partition coefficient (Wildman–Crippen LogP) is 6.23. The first-order chi connectivity index (χ1) is 11.8. The van der Waals surface area contributed by atoms with Crippen molar-refractivity contribution >= 4 is 32.6 Å². The number of nitrogens with zero attached hydrogens (tertiary/aromatic N) is 1. The molecule has 3 aromatic carbocycles. The van der Waals surface area contributed by atoms with Gasteiger partial charge in [-0.3, -0.25) is 0 Å². The summed E-state index contributed by atoms with van der Waals surface area (Å²) in [6, 6.07) is 17.8. The maximum Gasteiger partial charge on any atom is 0.0790 e. The lowest BCUT2D eigenvalue weighted by molar-refractivity contribution is 1.09. The van der Waals surface area contributed by atoms with Gasteiger partial charge in [0.15, 0.2) is 0 Å². The van der Waals surface area contributed by atoms with Gasteiger partial charge in [0, 0.05) is 16.2 Å². The molecule has 0 atom stereocenters. The molecule has 120 valence electrons. The summed E-state index contributed by atoms with van der Waals surface area (Å²) in [6.45, 7) is 6.72. The van der Waals surface area contributed by atoms with Crippen molar-refractivity contribution in [3.05, 3.63) is 65.2 Å². The molecule has 0 aliphatic heterocycles. The van der Waals surface area contributed by atoms with Crippen LogP contribution >= 0.6 is 0 Å². The minimum atomic E-state index is 1.02. The van der Waals surface area contributed by atoms with Crippen LogP contribution in [0, 0.1) is 0 Å². The molecule has 1 aromatic heterocycles. The van der Waals surface area contributed by atoms with Crippen molar-refractivity contribution in [3.8, 4) is 0 Å². The molecule has 0 radical (unpaired) electrons. The molecule has 0 aliphatic carbocycles. The molecule has 0 amide bonds. The summed E-state index contributed by atoms with van der Waals surface area (Å²) in [6.07, 6.45) is 3.13. The number of hydrogen-bond donors (Lipinski definition) is 0. The van der Waals surface area contributed by atoms with Crippen LogP contribution in [0.25, 0.3) is 32.6 Å². The second-order valence-corrected chi connectivity index (χ2v) is 6.48. The van der Waals surface area contributed by atoms with E-state index >= 15 is 0 Å². The molecule has 0 fully saturated rings. The van der Waals surface area contributed by atoms with Crippen LogP contribution in [-0.4, -0.2) is 4.98 Å². The highest BCUT2D eigenvalue weighted by Gasteiger charge is 2.13. The van der Waals surface area contributed by atoms with Gasteiger partial charge in [-0.1, -0.05) is 63.2 Å². The number of pyridine rings is 1. The Kier molecular flexibility index (Phi) is 3.72. The van der Waals surface area contributed by atoms with Gasteiger partial charge in [-0.05, 0) is 47.4 Å². The molecule has 0 unspecified atom stereocenters. The molecule has 4 aromatic rings. The molecule has 0 saturated heterocycles. The molecular formula is C23H23N. The van der Waals surface area contributed by atoms with Crippen molar-refractivity contribution in [2.75, 3.05) is 0 Å². The summed E-state index contributed by atoms with van der Waals surface area (Å²) in [5.74, 6) is 0. The van der Waals surface area contributed by atoms with Crippen molar-refractivity contribution in [1.29, 1.82) is 0 Å². The van der Waals surface area contributed by atoms with Crippen LogP contribution in [0.1, 0.15) is 37.5 Å². The van der Waals surface area contributed by atoms with Crippen molar-refractivity contribution < 1.29 is 0 Å². The van der Waals surface area contributed by atoms with E-state index in [9.17, 15) is 0 Å². The Hall–Kier alpha value is -2.41. The largest absolute Gasteiger partial charge is 0.247 e. The third kappa shape index (κ3) is 2.19. The SMILES string of the molecule is CCc1cc(CC)c2nc3c(ccc4ccccc43)c(CC)c2c1. The number of aromatic nitrogens is 1. The monoisotopic (exact) mass is 313 g/mol. The minimum Gasteiger partial charge on any atom is -0.247 e. The van der Waals surface area contributed by atoms with E-state index in [1.807, 2.05) is 0 Å². The molecule has 0 aliphatic rings. The third-order valence-corrected chi connectivity index (χ3v) is 5.17. The van der Waals surface area contributed by atoms with Gasteiger partial charge in [-0.15, -0.1) is 0 Å². The van der Waals surface area contributed by atoms with Crippen molar-refractivity contribution in [2.45, 2.75) is 40.0 Å². The minimum absolute atomic E-state index is 1.02. The number of fused-ring (bicyclic) bond motifs is 4. The van der Waals surface area contributed by atoms with E-state index in [-0.39, 0.29) is 0 Å². The summed E-state index contributed by atoms with van der Waals surface area (Å²) < 4.78 is 0. The van der Waals surface area contributed by atoms with E-state index in [0.717, 1.165) is 24.8 Å². The van der Waals surface area contributed by atoms with Crippen LogP contribution in [0.15, 0.2) is 48.5 Å². The Morgan fingerprint density at radius 3 is 2.29 bits per heavy atom. The number of hydrogen-bond acceptors (Lipinski definition) is 1. The molecule has 0 bridgehead atoms. The van der Waals surface area contributed by atoms with Crippen LogP contribution in [0.5, 0.6) is 0 Å².